The monoisotopic (exact) mass is 273 g/mol. The van der Waals surface area contributed by atoms with Gasteiger partial charge in [-0.2, -0.15) is 0 Å². The fourth-order valence-corrected chi connectivity index (χ4v) is 2.58. The van der Waals surface area contributed by atoms with Crippen molar-refractivity contribution >= 4 is 5.91 Å². The van der Waals surface area contributed by atoms with E-state index in [0.29, 0.717) is 13.2 Å². The minimum atomic E-state index is -0.806. The van der Waals surface area contributed by atoms with E-state index in [0.717, 1.165) is 25.8 Å². The molecule has 0 aromatic heterocycles. The summed E-state index contributed by atoms with van der Waals surface area (Å²) < 4.78 is 10.4. The minimum Gasteiger partial charge on any atom is -0.396 e. The van der Waals surface area contributed by atoms with Crippen LogP contribution in [0.2, 0.25) is 0 Å². The van der Waals surface area contributed by atoms with Gasteiger partial charge < -0.3 is 19.5 Å². The van der Waals surface area contributed by atoms with Crippen LogP contribution in [0.15, 0.2) is 0 Å². The smallest absolute Gasteiger partial charge is 0.254 e. The second-order valence-electron chi connectivity index (χ2n) is 5.95. The number of likely N-dealkylation sites (tertiary alicyclic amines) is 1. The molecule has 0 bridgehead atoms. The van der Waals surface area contributed by atoms with Crippen molar-refractivity contribution in [3.8, 4) is 0 Å². The second-order valence-corrected chi connectivity index (χ2v) is 5.95. The lowest BCUT2D eigenvalue weighted by Crippen LogP contribution is -2.54. The predicted octanol–water partition coefficient (Wildman–Crippen LogP) is 1.05. The Balaban J connectivity index is 2.75. The number of rotatable bonds is 6. The largest absolute Gasteiger partial charge is 0.396 e. The first-order valence-electron chi connectivity index (χ1n) is 6.85. The Labute approximate surface area is 115 Å². The number of aliphatic hydroxyl groups is 1. The molecule has 0 unspecified atom stereocenters. The highest BCUT2D eigenvalue weighted by Crippen LogP contribution is 2.34. The Morgan fingerprint density at radius 3 is 2.63 bits per heavy atom. The zero-order valence-corrected chi connectivity index (χ0v) is 12.6. The molecule has 1 fully saturated rings. The number of amides is 1. The molecule has 0 saturated carbocycles. The Kier molecular flexibility index (Phi) is 5.77. The van der Waals surface area contributed by atoms with E-state index in [1.165, 1.54) is 0 Å². The average Bonchev–Trinajstić information content (AvgIpc) is 2.44. The minimum absolute atomic E-state index is 0.00931. The van der Waals surface area contributed by atoms with Crippen LogP contribution in [0.1, 0.15) is 33.1 Å². The Morgan fingerprint density at radius 2 is 2.11 bits per heavy atom. The van der Waals surface area contributed by atoms with Crippen molar-refractivity contribution in [2.24, 2.45) is 5.41 Å². The summed E-state index contributed by atoms with van der Waals surface area (Å²) in [5.41, 5.74) is -1.03. The van der Waals surface area contributed by atoms with E-state index < -0.39 is 5.60 Å². The Hall–Kier alpha value is -0.650. The normalized spacial score (nSPS) is 24.6. The Bertz CT molecular complexity index is 306. The van der Waals surface area contributed by atoms with Gasteiger partial charge in [-0.1, -0.05) is 0 Å². The number of methoxy groups -OCH3 is 2. The van der Waals surface area contributed by atoms with Gasteiger partial charge in [0.05, 0.1) is 6.61 Å². The third-order valence-corrected chi connectivity index (χ3v) is 4.15. The molecule has 0 aliphatic carbocycles. The first kappa shape index (κ1) is 16.4. The van der Waals surface area contributed by atoms with Crippen molar-refractivity contribution in [1.82, 2.24) is 4.90 Å². The molecule has 5 nitrogen and oxygen atoms in total. The zero-order chi connectivity index (χ0) is 14.5. The molecule has 1 aliphatic heterocycles. The summed E-state index contributed by atoms with van der Waals surface area (Å²) in [6.45, 7) is 5.57. The van der Waals surface area contributed by atoms with E-state index >= 15 is 0 Å². The molecule has 1 heterocycles. The van der Waals surface area contributed by atoms with Crippen LogP contribution in [0.3, 0.4) is 0 Å². The third kappa shape index (κ3) is 3.91. The van der Waals surface area contributed by atoms with Crippen LogP contribution in [0.5, 0.6) is 0 Å². The topological polar surface area (TPSA) is 59.0 Å². The molecular formula is C14H27NO4. The zero-order valence-electron chi connectivity index (χ0n) is 12.6. The number of carbonyl (C=O) groups is 1. The molecule has 1 aliphatic rings. The summed E-state index contributed by atoms with van der Waals surface area (Å²) in [7, 11) is 3.21. The number of hydrogen-bond acceptors (Lipinski definition) is 4. The van der Waals surface area contributed by atoms with E-state index in [9.17, 15) is 9.90 Å². The molecule has 1 atom stereocenters. The van der Waals surface area contributed by atoms with Crippen LogP contribution in [-0.4, -0.2) is 62.0 Å². The van der Waals surface area contributed by atoms with Gasteiger partial charge >= 0.3 is 0 Å². The summed E-state index contributed by atoms with van der Waals surface area (Å²) in [5, 5.41) is 9.70. The molecule has 19 heavy (non-hydrogen) atoms. The van der Waals surface area contributed by atoms with Crippen LogP contribution < -0.4 is 0 Å². The molecule has 1 saturated heterocycles. The highest BCUT2D eigenvalue weighted by molar-refractivity contribution is 5.84. The lowest BCUT2D eigenvalue weighted by Gasteiger charge is -2.43. The number of carbonyl (C=O) groups excluding carboxylic acids is 1. The van der Waals surface area contributed by atoms with Crippen molar-refractivity contribution in [2.75, 3.05) is 40.5 Å². The first-order chi connectivity index (χ1) is 8.90. The van der Waals surface area contributed by atoms with Crippen LogP contribution in [-0.2, 0) is 14.3 Å². The lowest BCUT2D eigenvalue weighted by molar-refractivity contribution is -0.155. The number of hydrogen-bond donors (Lipinski definition) is 1. The van der Waals surface area contributed by atoms with E-state index in [4.69, 9.17) is 9.47 Å². The molecule has 5 heteroatoms. The standard InChI is InChI=1S/C14H27NO4/c1-13(2,19-4)12(17)15-8-5-6-14(10-15,11-16)7-9-18-3/h16H,5-11H2,1-4H3/t14-/m0/s1. The SMILES string of the molecule is COCC[C@@]1(CO)CCCN(C(=O)C(C)(C)OC)C1. The van der Waals surface area contributed by atoms with Crippen LogP contribution in [0.25, 0.3) is 0 Å². The second kappa shape index (κ2) is 6.68. The fourth-order valence-electron chi connectivity index (χ4n) is 2.58. The van der Waals surface area contributed by atoms with Crippen LogP contribution in [0, 0.1) is 5.41 Å². The average molecular weight is 273 g/mol. The van der Waals surface area contributed by atoms with Crippen molar-refractivity contribution in [2.45, 2.75) is 38.7 Å². The molecule has 112 valence electrons. The summed E-state index contributed by atoms with van der Waals surface area (Å²) in [4.78, 5) is 14.2. The molecule has 1 amide bonds. The summed E-state index contributed by atoms with van der Waals surface area (Å²) in [6.07, 6.45) is 2.62. The van der Waals surface area contributed by atoms with Crippen molar-refractivity contribution < 1.29 is 19.4 Å². The molecule has 0 aromatic carbocycles. The predicted molar refractivity (Wildman–Crippen MR) is 72.9 cm³/mol. The molecule has 0 spiro atoms. The van der Waals surface area contributed by atoms with E-state index in [1.54, 1.807) is 28.1 Å². The third-order valence-electron chi connectivity index (χ3n) is 4.15. The van der Waals surface area contributed by atoms with Gasteiger partial charge in [0.15, 0.2) is 0 Å². The van der Waals surface area contributed by atoms with Gasteiger partial charge in [-0.25, -0.2) is 0 Å². The summed E-state index contributed by atoms with van der Waals surface area (Å²) in [6, 6.07) is 0. The molecule has 1 N–H and O–H groups in total. The number of piperidine rings is 1. The maximum Gasteiger partial charge on any atom is 0.254 e. The van der Waals surface area contributed by atoms with Crippen molar-refractivity contribution in [1.29, 1.82) is 0 Å². The fraction of sp³-hybridized carbons (Fsp3) is 0.929. The number of aliphatic hydroxyl groups excluding tert-OH is 1. The maximum atomic E-state index is 12.4. The van der Waals surface area contributed by atoms with Crippen LogP contribution >= 0.6 is 0 Å². The molecular weight excluding hydrogens is 246 g/mol. The quantitative estimate of drug-likeness (QED) is 0.786. The Morgan fingerprint density at radius 1 is 1.42 bits per heavy atom. The number of ether oxygens (including phenoxy) is 2. The lowest BCUT2D eigenvalue weighted by atomic mass is 9.77. The van der Waals surface area contributed by atoms with Gasteiger partial charge in [-0.15, -0.1) is 0 Å². The van der Waals surface area contributed by atoms with Crippen molar-refractivity contribution in [3.05, 3.63) is 0 Å². The maximum absolute atomic E-state index is 12.4. The van der Waals surface area contributed by atoms with Gasteiger partial charge in [-0.3, -0.25) is 4.79 Å². The van der Waals surface area contributed by atoms with Gasteiger partial charge in [0, 0.05) is 39.3 Å². The van der Waals surface area contributed by atoms with E-state index in [-0.39, 0.29) is 17.9 Å². The molecule has 0 aromatic rings. The van der Waals surface area contributed by atoms with Gasteiger partial charge in [0.1, 0.15) is 5.60 Å². The highest BCUT2D eigenvalue weighted by atomic mass is 16.5. The van der Waals surface area contributed by atoms with Crippen molar-refractivity contribution in [3.63, 3.8) is 0 Å². The highest BCUT2D eigenvalue weighted by Gasteiger charge is 2.40. The summed E-state index contributed by atoms with van der Waals surface area (Å²) >= 11 is 0. The van der Waals surface area contributed by atoms with Gasteiger partial charge in [0.2, 0.25) is 0 Å². The van der Waals surface area contributed by atoms with E-state index in [1.807, 2.05) is 4.90 Å². The van der Waals surface area contributed by atoms with E-state index in [2.05, 4.69) is 0 Å². The van der Waals surface area contributed by atoms with Gasteiger partial charge in [-0.05, 0) is 33.1 Å². The number of nitrogens with zero attached hydrogens (tertiary/aromatic N) is 1. The van der Waals surface area contributed by atoms with Crippen LogP contribution in [0.4, 0.5) is 0 Å². The molecule has 1 rings (SSSR count). The van der Waals surface area contributed by atoms with Gasteiger partial charge in [0.25, 0.3) is 5.91 Å². The summed E-state index contributed by atoms with van der Waals surface area (Å²) in [5.74, 6) is -0.00931. The first-order valence-corrected chi connectivity index (χ1v) is 6.85. The molecule has 0 radical (unpaired) electrons.